The van der Waals surface area contributed by atoms with Crippen LogP contribution in [0.4, 0.5) is 11.6 Å². The van der Waals surface area contributed by atoms with Crippen LogP contribution < -0.4 is 9.80 Å². The van der Waals surface area contributed by atoms with Crippen LogP contribution in [0.1, 0.15) is 17.3 Å². The van der Waals surface area contributed by atoms with Gasteiger partial charge in [0.25, 0.3) is 5.91 Å². The summed E-state index contributed by atoms with van der Waals surface area (Å²) in [6.45, 7) is 10.4. The predicted molar refractivity (Wildman–Crippen MR) is 111 cm³/mol. The molecule has 0 saturated carbocycles. The third kappa shape index (κ3) is 4.09. The first-order valence-electron chi connectivity index (χ1n) is 10.1. The van der Waals surface area contributed by atoms with Gasteiger partial charge in [-0.25, -0.2) is 9.97 Å². The smallest absolute Gasteiger partial charge is 0.255 e. The first-order valence-corrected chi connectivity index (χ1v) is 10.1. The zero-order valence-corrected chi connectivity index (χ0v) is 16.5. The van der Waals surface area contributed by atoms with Gasteiger partial charge in [-0.2, -0.15) is 0 Å². The van der Waals surface area contributed by atoms with Crippen molar-refractivity contribution in [1.82, 2.24) is 19.8 Å². The van der Waals surface area contributed by atoms with Crippen molar-refractivity contribution in [2.24, 2.45) is 0 Å². The van der Waals surface area contributed by atoms with Crippen LogP contribution in [0, 0.1) is 0 Å². The molecule has 2 fully saturated rings. The molecule has 0 N–H and O–H groups in total. The second-order valence-electron chi connectivity index (χ2n) is 7.29. The molecule has 2 aromatic heterocycles. The average molecular weight is 380 g/mol. The summed E-state index contributed by atoms with van der Waals surface area (Å²) in [5.41, 5.74) is 0.669. The summed E-state index contributed by atoms with van der Waals surface area (Å²) in [6.07, 6.45) is 3.54. The lowest BCUT2D eigenvalue weighted by atomic mass is 10.2. The Bertz CT molecular complexity index is 765. The fourth-order valence-corrected chi connectivity index (χ4v) is 3.85. The highest BCUT2D eigenvalue weighted by Gasteiger charge is 2.23. The van der Waals surface area contributed by atoms with E-state index in [1.54, 1.807) is 6.20 Å². The molecule has 0 unspecified atom stereocenters. The lowest BCUT2D eigenvalue weighted by Crippen LogP contribution is -2.49. The topological polar surface area (TPSA) is 55.8 Å². The Morgan fingerprint density at radius 2 is 1.54 bits per heavy atom. The monoisotopic (exact) mass is 380 g/mol. The molecule has 1 amide bonds. The summed E-state index contributed by atoms with van der Waals surface area (Å²) in [5, 5.41) is 0. The summed E-state index contributed by atoms with van der Waals surface area (Å²) >= 11 is 0. The number of hydrogen-bond acceptors (Lipinski definition) is 6. The molecule has 2 saturated heterocycles. The Kier molecular flexibility index (Phi) is 5.71. The highest BCUT2D eigenvalue weighted by molar-refractivity contribution is 5.94. The van der Waals surface area contributed by atoms with E-state index >= 15 is 0 Å². The van der Waals surface area contributed by atoms with E-state index in [4.69, 9.17) is 0 Å². The molecule has 0 aliphatic carbocycles. The minimum absolute atomic E-state index is 0.0653. The van der Waals surface area contributed by atoms with Gasteiger partial charge in [-0.3, -0.25) is 4.79 Å². The largest absolute Gasteiger partial charge is 0.354 e. The zero-order chi connectivity index (χ0) is 19.3. The Labute approximate surface area is 166 Å². The summed E-state index contributed by atoms with van der Waals surface area (Å²) in [5.74, 6) is 2.01. The molecular formula is C21H28N6O. The highest BCUT2D eigenvalue weighted by atomic mass is 16.2. The van der Waals surface area contributed by atoms with E-state index < -0.39 is 0 Å². The van der Waals surface area contributed by atoms with Crippen molar-refractivity contribution < 1.29 is 4.79 Å². The molecule has 2 aliphatic heterocycles. The third-order valence-electron chi connectivity index (χ3n) is 5.68. The fourth-order valence-electron chi connectivity index (χ4n) is 3.85. The van der Waals surface area contributed by atoms with Gasteiger partial charge in [-0.05, 0) is 30.8 Å². The minimum Gasteiger partial charge on any atom is -0.354 e. The number of anilines is 2. The first-order chi connectivity index (χ1) is 13.7. The number of hydrogen-bond donors (Lipinski definition) is 0. The second-order valence-corrected chi connectivity index (χ2v) is 7.29. The van der Waals surface area contributed by atoms with Crippen LogP contribution in [0.3, 0.4) is 0 Å². The van der Waals surface area contributed by atoms with E-state index in [1.165, 1.54) is 0 Å². The molecule has 148 valence electrons. The Hall–Kier alpha value is -2.67. The summed E-state index contributed by atoms with van der Waals surface area (Å²) in [7, 11) is 0. The van der Waals surface area contributed by atoms with Crippen LogP contribution in [0.2, 0.25) is 0 Å². The van der Waals surface area contributed by atoms with Gasteiger partial charge < -0.3 is 19.6 Å². The Balaban J connectivity index is 1.33. The van der Waals surface area contributed by atoms with E-state index in [0.29, 0.717) is 18.7 Å². The molecule has 0 atom stereocenters. The van der Waals surface area contributed by atoms with Crippen molar-refractivity contribution in [2.45, 2.75) is 6.92 Å². The van der Waals surface area contributed by atoms with Crippen LogP contribution in [0.15, 0.2) is 42.7 Å². The van der Waals surface area contributed by atoms with Gasteiger partial charge in [0.05, 0.1) is 5.56 Å². The van der Waals surface area contributed by atoms with Crippen LogP contribution >= 0.6 is 0 Å². The predicted octanol–water partition coefficient (Wildman–Crippen LogP) is 1.58. The van der Waals surface area contributed by atoms with Crippen molar-refractivity contribution in [3.8, 4) is 0 Å². The van der Waals surface area contributed by atoms with Gasteiger partial charge in [0.2, 0.25) is 0 Å². The van der Waals surface area contributed by atoms with Gasteiger partial charge in [0.15, 0.2) is 0 Å². The van der Waals surface area contributed by atoms with Crippen LogP contribution in [0.5, 0.6) is 0 Å². The van der Waals surface area contributed by atoms with Crippen molar-refractivity contribution in [3.63, 3.8) is 0 Å². The number of aromatic nitrogens is 2. The maximum atomic E-state index is 12.8. The molecule has 7 nitrogen and oxygen atoms in total. The van der Waals surface area contributed by atoms with E-state index in [1.807, 2.05) is 41.4 Å². The van der Waals surface area contributed by atoms with Crippen LogP contribution in [-0.2, 0) is 0 Å². The lowest BCUT2D eigenvalue weighted by Gasteiger charge is -2.36. The van der Waals surface area contributed by atoms with Gasteiger partial charge in [0.1, 0.15) is 11.6 Å². The summed E-state index contributed by atoms with van der Waals surface area (Å²) < 4.78 is 0. The second kappa shape index (κ2) is 8.56. The Morgan fingerprint density at radius 3 is 2.11 bits per heavy atom. The lowest BCUT2D eigenvalue weighted by molar-refractivity contribution is 0.0746. The van der Waals surface area contributed by atoms with Gasteiger partial charge in [-0.1, -0.05) is 13.0 Å². The molecule has 4 rings (SSSR count). The van der Waals surface area contributed by atoms with Gasteiger partial charge >= 0.3 is 0 Å². The minimum atomic E-state index is 0.0653. The molecule has 0 aromatic carbocycles. The molecule has 0 bridgehead atoms. The van der Waals surface area contributed by atoms with E-state index in [-0.39, 0.29) is 5.91 Å². The molecule has 28 heavy (non-hydrogen) atoms. The zero-order valence-electron chi connectivity index (χ0n) is 16.5. The number of nitrogens with zero attached hydrogens (tertiary/aromatic N) is 6. The average Bonchev–Trinajstić information content (AvgIpc) is 2.79. The van der Waals surface area contributed by atoms with Crippen LogP contribution in [-0.4, -0.2) is 84.6 Å². The molecule has 0 spiro atoms. The van der Waals surface area contributed by atoms with Crippen molar-refractivity contribution in [3.05, 3.63) is 48.3 Å². The maximum absolute atomic E-state index is 12.8. The normalized spacial score (nSPS) is 18.4. The van der Waals surface area contributed by atoms with Crippen molar-refractivity contribution in [1.29, 1.82) is 0 Å². The number of rotatable bonds is 4. The SMILES string of the molecule is CCN1CCN(c2ccc(C(=O)N3CCN(c4ccccn4)CC3)cn2)CC1. The molecule has 2 aromatic rings. The Morgan fingerprint density at radius 1 is 0.857 bits per heavy atom. The maximum Gasteiger partial charge on any atom is 0.255 e. The van der Waals surface area contributed by atoms with Gasteiger partial charge in [-0.15, -0.1) is 0 Å². The quantitative estimate of drug-likeness (QED) is 0.803. The molecular weight excluding hydrogens is 352 g/mol. The van der Waals surface area contributed by atoms with E-state index in [9.17, 15) is 4.79 Å². The molecule has 0 radical (unpaired) electrons. The number of carbonyl (C=O) groups excluding carboxylic acids is 1. The van der Waals surface area contributed by atoms with E-state index in [0.717, 1.165) is 57.4 Å². The fraction of sp³-hybridized carbons (Fsp3) is 0.476. The van der Waals surface area contributed by atoms with E-state index in [2.05, 4.69) is 31.6 Å². The molecule has 4 heterocycles. The molecule has 7 heteroatoms. The third-order valence-corrected chi connectivity index (χ3v) is 5.68. The standard InChI is InChI=1S/C21H28N6O/c1-2-24-9-11-25(12-10-24)20-7-6-18(17-23-20)21(28)27-15-13-26(14-16-27)19-5-3-4-8-22-19/h3-8,17H,2,9-16H2,1H3. The van der Waals surface area contributed by atoms with Gasteiger partial charge in [0, 0.05) is 64.8 Å². The molecule has 2 aliphatic rings. The number of amides is 1. The van der Waals surface area contributed by atoms with Crippen LogP contribution in [0.25, 0.3) is 0 Å². The number of carbonyl (C=O) groups is 1. The number of pyridine rings is 2. The summed E-state index contributed by atoms with van der Waals surface area (Å²) in [4.78, 5) is 30.7. The van der Waals surface area contributed by atoms with Crippen molar-refractivity contribution in [2.75, 3.05) is 68.7 Å². The number of piperazine rings is 2. The first kappa shape index (κ1) is 18.7. The van der Waals surface area contributed by atoms with Crippen molar-refractivity contribution >= 4 is 17.5 Å². The number of likely N-dealkylation sites (N-methyl/N-ethyl adjacent to an activating group) is 1. The summed E-state index contributed by atoms with van der Waals surface area (Å²) in [6, 6.07) is 9.83. The highest BCUT2D eigenvalue weighted by Crippen LogP contribution is 2.17.